The van der Waals surface area contributed by atoms with Crippen molar-refractivity contribution in [1.82, 2.24) is 0 Å². The topological polar surface area (TPSA) is 55.8 Å². The van der Waals surface area contributed by atoms with Gasteiger partial charge < -0.3 is 14.6 Å². The summed E-state index contributed by atoms with van der Waals surface area (Å²) in [6, 6.07) is 6.50. The van der Waals surface area contributed by atoms with E-state index in [4.69, 9.17) is 14.6 Å². The number of carboxylic acids is 1. The lowest BCUT2D eigenvalue weighted by Gasteiger charge is -2.11. The van der Waals surface area contributed by atoms with Crippen LogP contribution in [-0.2, 0) is 4.74 Å². The lowest BCUT2D eigenvalue weighted by atomic mass is 10.2. The third-order valence-electron chi connectivity index (χ3n) is 2.27. The molecule has 1 heterocycles. The maximum atomic E-state index is 10.7. The van der Waals surface area contributed by atoms with E-state index in [2.05, 4.69) is 0 Å². The highest BCUT2D eigenvalue weighted by Gasteiger charge is 2.17. The molecule has 0 radical (unpaired) electrons. The van der Waals surface area contributed by atoms with Gasteiger partial charge in [0.05, 0.1) is 18.8 Å². The molecule has 1 aromatic rings. The molecule has 1 aliphatic heterocycles. The molecule has 1 fully saturated rings. The molecule has 4 heteroatoms. The van der Waals surface area contributed by atoms with Crippen LogP contribution in [0.5, 0.6) is 5.75 Å². The zero-order valence-electron chi connectivity index (χ0n) is 8.18. The summed E-state index contributed by atoms with van der Waals surface area (Å²) < 4.78 is 10.7. The Labute approximate surface area is 87.4 Å². The Morgan fingerprint density at radius 3 is 3.07 bits per heavy atom. The van der Waals surface area contributed by atoms with Gasteiger partial charge in [0.15, 0.2) is 0 Å². The molecule has 15 heavy (non-hydrogen) atoms. The van der Waals surface area contributed by atoms with Crippen LogP contribution in [-0.4, -0.2) is 30.4 Å². The van der Waals surface area contributed by atoms with E-state index in [-0.39, 0.29) is 11.7 Å². The van der Waals surface area contributed by atoms with Crippen molar-refractivity contribution < 1.29 is 19.4 Å². The Hall–Kier alpha value is -1.55. The van der Waals surface area contributed by atoms with Gasteiger partial charge in [-0.25, -0.2) is 4.79 Å². The minimum Gasteiger partial charge on any atom is -0.488 e. The first kappa shape index (κ1) is 9.98. The van der Waals surface area contributed by atoms with Crippen LogP contribution in [0.15, 0.2) is 24.3 Å². The van der Waals surface area contributed by atoms with Crippen molar-refractivity contribution in [2.75, 3.05) is 13.2 Å². The third kappa shape index (κ3) is 2.47. The number of aromatic carboxylic acids is 1. The maximum absolute atomic E-state index is 10.7. The number of carbonyl (C=O) groups is 1. The summed E-state index contributed by atoms with van der Waals surface area (Å²) in [5.74, 6) is -0.353. The number of carboxylic acid groups (broad SMARTS) is 1. The molecular weight excluding hydrogens is 196 g/mol. The zero-order chi connectivity index (χ0) is 10.7. The standard InChI is InChI=1S/C11H12O4/c12-11(13)8-2-1-3-9(6-8)15-10-4-5-14-7-10/h1-3,6,10H,4-5,7H2,(H,12,13)/t10-/m0/s1. The number of hydrogen-bond acceptors (Lipinski definition) is 3. The summed E-state index contributed by atoms with van der Waals surface area (Å²) >= 11 is 0. The largest absolute Gasteiger partial charge is 0.488 e. The van der Waals surface area contributed by atoms with Crippen molar-refractivity contribution in [3.8, 4) is 5.75 Å². The molecule has 4 nitrogen and oxygen atoms in total. The van der Waals surface area contributed by atoms with Gasteiger partial charge in [0.2, 0.25) is 0 Å². The summed E-state index contributed by atoms with van der Waals surface area (Å²) in [5.41, 5.74) is 0.242. The minimum absolute atomic E-state index is 0.0500. The molecule has 0 aliphatic carbocycles. The first-order valence-electron chi connectivity index (χ1n) is 4.83. The molecule has 0 saturated carbocycles. The van der Waals surface area contributed by atoms with Gasteiger partial charge in [0.25, 0.3) is 0 Å². The summed E-state index contributed by atoms with van der Waals surface area (Å²) in [6.45, 7) is 1.29. The predicted octanol–water partition coefficient (Wildman–Crippen LogP) is 1.55. The van der Waals surface area contributed by atoms with Gasteiger partial charge in [-0.15, -0.1) is 0 Å². The highest BCUT2D eigenvalue weighted by molar-refractivity contribution is 5.87. The van der Waals surface area contributed by atoms with Crippen molar-refractivity contribution in [1.29, 1.82) is 0 Å². The first-order chi connectivity index (χ1) is 7.25. The molecule has 1 aliphatic rings. The van der Waals surface area contributed by atoms with Gasteiger partial charge in [0.1, 0.15) is 11.9 Å². The highest BCUT2D eigenvalue weighted by Crippen LogP contribution is 2.18. The van der Waals surface area contributed by atoms with E-state index in [1.165, 1.54) is 6.07 Å². The number of benzene rings is 1. The summed E-state index contributed by atoms with van der Waals surface area (Å²) in [6.07, 6.45) is 0.908. The molecule has 1 N–H and O–H groups in total. The van der Waals surface area contributed by atoms with E-state index in [0.29, 0.717) is 19.0 Å². The van der Waals surface area contributed by atoms with Crippen LogP contribution in [0.4, 0.5) is 0 Å². The van der Waals surface area contributed by atoms with Gasteiger partial charge in [-0.1, -0.05) is 6.07 Å². The van der Waals surface area contributed by atoms with Crippen molar-refractivity contribution in [3.63, 3.8) is 0 Å². The molecule has 0 amide bonds. The lowest BCUT2D eigenvalue weighted by molar-refractivity contribution is 0.0696. The fourth-order valence-corrected chi connectivity index (χ4v) is 1.50. The number of rotatable bonds is 3. The summed E-state index contributed by atoms with van der Waals surface area (Å²) in [7, 11) is 0. The molecule has 1 saturated heterocycles. The SMILES string of the molecule is O=C(O)c1cccc(O[C@H]2CCOC2)c1. The molecule has 80 valence electrons. The van der Waals surface area contributed by atoms with Gasteiger partial charge in [-0.3, -0.25) is 0 Å². The van der Waals surface area contributed by atoms with E-state index in [9.17, 15) is 4.79 Å². The van der Waals surface area contributed by atoms with E-state index in [0.717, 1.165) is 6.42 Å². The Bertz CT molecular complexity index is 355. The fraction of sp³-hybridized carbons (Fsp3) is 0.364. The van der Waals surface area contributed by atoms with Gasteiger partial charge in [-0.05, 0) is 18.2 Å². The number of ether oxygens (including phenoxy) is 2. The smallest absolute Gasteiger partial charge is 0.335 e. The minimum atomic E-state index is -0.942. The van der Waals surface area contributed by atoms with E-state index in [1.807, 2.05) is 0 Å². The van der Waals surface area contributed by atoms with Gasteiger partial charge in [-0.2, -0.15) is 0 Å². The molecule has 1 aromatic carbocycles. The Morgan fingerprint density at radius 1 is 1.53 bits per heavy atom. The van der Waals surface area contributed by atoms with Crippen LogP contribution in [0.25, 0.3) is 0 Å². The first-order valence-corrected chi connectivity index (χ1v) is 4.83. The van der Waals surface area contributed by atoms with Crippen LogP contribution in [0.1, 0.15) is 16.8 Å². The van der Waals surface area contributed by atoms with Crippen LogP contribution in [0.3, 0.4) is 0 Å². The van der Waals surface area contributed by atoms with E-state index in [1.54, 1.807) is 18.2 Å². The molecular formula is C11H12O4. The average Bonchev–Trinajstić information content (AvgIpc) is 2.71. The highest BCUT2D eigenvalue weighted by atomic mass is 16.5. The molecule has 0 unspecified atom stereocenters. The van der Waals surface area contributed by atoms with Gasteiger partial charge in [0, 0.05) is 6.42 Å². The normalized spacial score (nSPS) is 20.1. The predicted molar refractivity (Wildman–Crippen MR) is 53.3 cm³/mol. The van der Waals surface area contributed by atoms with E-state index >= 15 is 0 Å². The van der Waals surface area contributed by atoms with Crippen LogP contribution < -0.4 is 4.74 Å². The lowest BCUT2D eigenvalue weighted by Crippen LogP contribution is -2.15. The van der Waals surface area contributed by atoms with Crippen LogP contribution in [0, 0.1) is 0 Å². The zero-order valence-corrected chi connectivity index (χ0v) is 8.18. The van der Waals surface area contributed by atoms with Crippen molar-refractivity contribution >= 4 is 5.97 Å². The van der Waals surface area contributed by atoms with Crippen molar-refractivity contribution in [3.05, 3.63) is 29.8 Å². The van der Waals surface area contributed by atoms with Crippen LogP contribution in [0.2, 0.25) is 0 Å². The maximum Gasteiger partial charge on any atom is 0.335 e. The number of hydrogen-bond donors (Lipinski definition) is 1. The fourth-order valence-electron chi connectivity index (χ4n) is 1.50. The second kappa shape index (κ2) is 4.31. The summed E-state index contributed by atoms with van der Waals surface area (Å²) in [4.78, 5) is 10.7. The molecule has 0 aromatic heterocycles. The van der Waals surface area contributed by atoms with Crippen molar-refractivity contribution in [2.45, 2.75) is 12.5 Å². The molecule has 0 bridgehead atoms. The quantitative estimate of drug-likeness (QED) is 0.818. The Kier molecular flexibility index (Phi) is 2.87. The van der Waals surface area contributed by atoms with Gasteiger partial charge >= 0.3 is 5.97 Å². The molecule has 2 rings (SSSR count). The summed E-state index contributed by atoms with van der Waals surface area (Å²) in [5, 5.41) is 8.79. The van der Waals surface area contributed by atoms with E-state index < -0.39 is 5.97 Å². The van der Waals surface area contributed by atoms with Crippen molar-refractivity contribution in [2.24, 2.45) is 0 Å². The average molecular weight is 208 g/mol. The second-order valence-electron chi connectivity index (χ2n) is 3.44. The second-order valence-corrected chi connectivity index (χ2v) is 3.44. The van der Waals surface area contributed by atoms with Crippen LogP contribution >= 0.6 is 0 Å². The third-order valence-corrected chi connectivity index (χ3v) is 2.27. The molecule has 0 spiro atoms. The Morgan fingerprint density at radius 2 is 2.40 bits per heavy atom. The monoisotopic (exact) mass is 208 g/mol. The molecule has 1 atom stereocenters. The Balaban J connectivity index is 2.07.